The maximum absolute atomic E-state index is 10.8. The number of nitrogens with one attached hydrogen (secondary N) is 2. The third-order valence-electron chi connectivity index (χ3n) is 4.15. The van der Waals surface area contributed by atoms with Crippen molar-refractivity contribution in [3.05, 3.63) is 65.2 Å². The second kappa shape index (κ2) is 12.2. The Bertz CT molecular complexity index is 795. The highest BCUT2D eigenvalue weighted by atomic mass is 127. The van der Waals surface area contributed by atoms with Crippen molar-refractivity contribution in [3.8, 4) is 5.75 Å². The van der Waals surface area contributed by atoms with Crippen LogP contribution in [0.2, 0.25) is 0 Å². The van der Waals surface area contributed by atoms with Gasteiger partial charge in [0.1, 0.15) is 5.75 Å². The molecule has 1 unspecified atom stereocenters. The fourth-order valence-electron chi connectivity index (χ4n) is 2.65. The van der Waals surface area contributed by atoms with Gasteiger partial charge in [0.15, 0.2) is 12.6 Å². The Morgan fingerprint density at radius 3 is 2.61 bits per heavy atom. The van der Waals surface area contributed by atoms with E-state index >= 15 is 0 Å². The number of rotatable bonds is 8. The third-order valence-corrected chi connectivity index (χ3v) is 4.15. The molecule has 1 amide bonds. The first kappa shape index (κ1) is 23.7. The van der Waals surface area contributed by atoms with Crippen molar-refractivity contribution in [1.29, 1.82) is 0 Å². The van der Waals surface area contributed by atoms with Gasteiger partial charge >= 0.3 is 0 Å². The molecular formula is C21H29IN4O2. The summed E-state index contributed by atoms with van der Waals surface area (Å²) < 4.78 is 5.33. The van der Waals surface area contributed by atoms with Crippen LogP contribution < -0.4 is 21.1 Å². The number of hydrogen-bond donors (Lipinski definition) is 3. The van der Waals surface area contributed by atoms with Gasteiger partial charge in [-0.15, -0.1) is 24.0 Å². The molecule has 2 aromatic carbocycles. The zero-order valence-corrected chi connectivity index (χ0v) is 18.9. The molecule has 0 aliphatic heterocycles. The lowest BCUT2D eigenvalue weighted by atomic mass is 9.99. The van der Waals surface area contributed by atoms with E-state index in [1.54, 1.807) is 13.1 Å². The molecule has 0 radical (unpaired) electrons. The Kier molecular flexibility index (Phi) is 10.4. The summed E-state index contributed by atoms with van der Waals surface area (Å²) in [7, 11) is 1.75. The maximum Gasteiger partial charge on any atom is 0.255 e. The number of hydrogen-bond acceptors (Lipinski definition) is 3. The Balaban J connectivity index is 0.00000392. The van der Waals surface area contributed by atoms with Crippen LogP contribution in [-0.4, -0.2) is 32.1 Å². The van der Waals surface area contributed by atoms with Crippen LogP contribution in [0.3, 0.4) is 0 Å². The van der Waals surface area contributed by atoms with E-state index < -0.39 is 5.91 Å². The minimum atomic E-state index is -0.495. The summed E-state index contributed by atoms with van der Waals surface area (Å²) in [5.74, 6) is 1.22. The third kappa shape index (κ3) is 8.16. The van der Waals surface area contributed by atoms with Crippen LogP contribution in [0, 0.1) is 6.92 Å². The van der Waals surface area contributed by atoms with E-state index in [0.717, 1.165) is 18.1 Å². The second-order valence-corrected chi connectivity index (χ2v) is 6.52. The van der Waals surface area contributed by atoms with E-state index in [9.17, 15) is 4.79 Å². The Labute approximate surface area is 184 Å². The molecule has 0 spiro atoms. The maximum atomic E-state index is 10.8. The van der Waals surface area contributed by atoms with Crippen molar-refractivity contribution in [2.24, 2.45) is 10.7 Å². The predicted molar refractivity (Wildman–Crippen MR) is 124 cm³/mol. The molecule has 0 heterocycles. The molecule has 0 aliphatic carbocycles. The summed E-state index contributed by atoms with van der Waals surface area (Å²) in [5.41, 5.74) is 8.69. The van der Waals surface area contributed by atoms with Gasteiger partial charge in [-0.2, -0.15) is 0 Å². The summed E-state index contributed by atoms with van der Waals surface area (Å²) in [6.07, 6.45) is 0. The van der Waals surface area contributed by atoms with Gasteiger partial charge in [-0.1, -0.05) is 48.9 Å². The number of guanidine groups is 1. The lowest BCUT2D eigenvalue weighted by Gasteiger charge is -2.17. The SMILES string of the molecule is CN=C(NCc1cccc(OCC(N)=O)c1)NCC(C)c1cccc(C)c1.I. The Morgan fingerprint density at radius 2 is 1.93 bits per heavy atom. The number of carbonyl (C=O) groups excluding carboxylic acids is 1. The standard InChI is InChI=1S/C21H28N4O2.HI/c1-15-6-4-8-18(10-15)16(2)12-24-21(23-3)25-13-17-7-5-9-19(11-17)27-14-20(22)26;/h4-11,16H,12-14H2,1-3H3,(H2,22,26)(H2,23,24,25);1H. The van der Waals surface area contributed by atoms with Gasteiger partial charge in [-0.05, 0) is 36.1 Å². The number of nitrogens with two attached hydrogens (primary N) is 1. The van der Waals surface area contributed by atoms with Crippen molar-refractivity contribution in [1.82, 2.24) is 10.6 Å². The molecule has 0 aliphatic rings. The quantitative estimate of drug-likeness (QED) is 0.298. The first-order chi connectivity index (χ1) is 13.0. The van der Waals surface area contributed by atoms with Crippen LogP contribution in [0.5, 0.6) is 5.75 Å². The van der Waals surface area contributed by atoms with Gasteiger partial charge in [-0.3, -0.25) is 9.79 Å². The van der Waals surface area contributed by atoms with Crippen LogP contribution in [0.25, 0.3) is 0 Å². The summed E-state index contributed by atoms with van der Waals surface area (Å²) in [6.45, 7) is 5.54. The summed E-state index contributed by atoms with van der Waals surface area (Å²) in [5, 5.41) is 6.65. The molecule has 0 aromatic heterocycles. The highest BCUT2D eigenvalue weighted by molar-refractivity contribution is 14.0. The van der Waals surface area contributed by atoms with Crippen molar-refractivity contribution >= 4 is 35.8 Å². The van der Waals surface area contributed by atoms with Crippen LogP contribution in [-0.2, 0) is 11.3 Å². The molecule has 152 valence electrons. The topological polar surface area (TPSA) is 88.7 Å². The lowest BCUT2D eigenvalue weighted by Crippen LogP contribution is -2.38. The monoisotopic (exact) mass is 496 g/mol. The van der Waals surface area contributed by atoms with Crippen molar-refractivity contribution in [2.45, 2.75) is 26.3 Å². The number of amides is 1. The van der Waals surface area contributed by atoms with Crippen molar-refractivity contribution in [3.63, 3.8) is 0 Å². The van der Waals surface area contributed by atoms with E-state index in [1.165, 1.54) is 11.1 Å². The minimum absolute atomic E-state index is 0. The lowest BCUT2D eigenvalue weighted by molar-refractivity contribution is -0.119. The van der Waals surface area contributed by atoms with Crippen LogP contribution in [0.15, 0.2) is 53.5 Å². The number of aliphatic imine (C=N–C) groups is 1. The van der Waals surface area contributed by atoms with Gasteiger partial charge in [0.05, 0.1) is 0 Å². The van der Waals surface area contributed by atoms with E-state index in [4.69, 9.17) is 10.5 Å². The number of benzene rings is 2. The fraction of sp³-hybridized carbons (Fsp3) is 0.333. The van der Waals surface area contributed by atoms with Crippen LogP contribution in [0.1, 0.15) is 29.5 Å². The molecule has 28 heavy (non-hydrogen) atoms. The zero-order chi connectivity index (χ0) is 19.6. The fourth-order valence-corrected chi connectivity index (χ4v) is 2.65. The highest BCUT2D eigenvalue weighted by Gasteiger charge is 2.07. The summed E-state index contributed by atoms with van der Waals surface area (Å²) in [4.78, 5) is 15.1. The number of primary amides is 1. The minimum Gasteiger partial charge on any atom is -0.484 e. The Hall–Kier alpha value is -2.29. The van der Waals surface area contributed by atoms with Crippen molar-refractivity contribution < 1.29 is 9.53 Å². The van der Waals surface area contributed by atoms with Crippen molar-refractivity contribution in [2.75, 3.05) is 20.2 Å². The molecular weight excluding hydrogens is 467 g/mol. The molecule has 6 nitrogen and oxygen atoms in total. The molecule has 1 atom stereocenters. The number of nitrogens with zero attached hydrogens (tertiary/aromatic N) is 1. The predicted octanol–water partition coefficient (Wildman–Crippen LogP) is 2.95. The van der Waals surface area contributed by atoms with Crippen LogP contribution >= 0.6 is 24.0 Å². The average Bonchev–Trinajstić information content (AvgIpc) is 2.66. The molecule has 0 saturated carbocycles. The molecule has 0 bridgehead atoms. The molecule has 2 aromatic rings. The Morgan fingerprint density at radius 1 is 1.18 bits per heavy atom. The van der Waals surface area contributed by atoms with Gasteiger partial charge in [0, 0.05) is 20.1 Å². The summed E-state index contributed by atoms with van der Waals surface area (Å²) >= 11 is 0. The average molecular weight is 496 g/mol. The van der Waals surface area contributed by atoms with Gasteiger partial charge < -0.3 is 21.1 Å². The van der Waals surface area contributed by atoms with E-state index in [-0.39, 0.29) is 30.6 Å². The van der Waals surface area contributed by atoms with Gasteiger partial charge in [-0.25, -0.2) is 0 Å². The molecule has 7 heteroatoms. The number of aryl methyl sites for hydroxylation is 1. The number of halogens is 1. The molecule has 0 fully saturated rings. The van der Waals surface area contributed by atoms with E-state index in [0.29, 0.717) is 18.2 Å². The number of carbonyl (C=O) groups is 1. The van der Waals surface area contributed by atoms with Gasteiger partial charge in [0.2, 0.25) is 0 Å². The normalized spacial score (nSPS) is 11.9. The first-order valence-electron chi connectivity index (χ1n) is 8.99. The summed E-state index contributed by atoms with van der Waals surface area (Å²) in [6, 6.07) is 16.1. The molecule has 2 rings (SSSR count). The zero-order valence-electron chi connectivity index (χ0n) is 16.6. The van der Waals surface area contributed by atoms with E-state index in [2.05, 4.69) is 53.7 Å². The molecule has 0 saturated heterocycles. The molecule has 4 N–H and O–H groups in total. The highest BCUT2D eigenvalue weighted by Crippen LogP contribution is 2.15. The van der Waals surface area contributed by atoms with Gasteiger partial charge in [0.25, 0.3) is 5.91 Å². The largest absolute Gasteiger partial charge is 0.484 e. The smallest absolute Gasteiger partial charge is 0.255 e. The number of ether oxygens (including phenoxy) is 1. The second-order valence-electron chi connectivity index (χ2n) is 6.52. The van der Waals surface area contributed by atoms with Crippen LogP contribution in [0.4, 0.5) is 0 Å². The van der Waals surface area contributed by atoms with E-state index in [1.807, 2.05) is 18.2 Å². The first-order valence-corrected chi connectivity index (χ1v) is 8.99.